The van der Waals surface area contributed by atoms with Gasteiger partial charge in [0.25, 0.3) is 0 Å². The number of sulfone groups is 1. The molecule has 1 aromatic rings. The third-order valence-corrected chi connectivity index (χ3v) is 7.31. The normalized spacial score (nSPS) is 28.4. The number of hydrogen-bond acceptors (Lipinski definition) is 8. The SMILES string of the molecule is CSc1nnc(SC2CS(=O)(=O)CC2O)s1. The van der Waals surface area contributed by atoms with E-state index in [1.54, 1.807) is 0 Å². The highest BCUT2D eigenvalue weighted by atomic mass is 32.2. The number of thioether (sulfide) groups is 2. The minimum absolute atomic E-state index is 0.0208. The zero-order valence-electron chi connectivity index (χ0n) is 8.36. The second-order valence-corrected chi connectivity index (χ2v) is 9.01. The molecule has 1 aromatic heterocycles. The van der Waals surface area contributed by atoms with Gasteiger partial charge in [-0.05, 0) is 6.26 Å². The lowest BCUT2D eigenvalue weighted by Crippen LogP contribution is -2.19. The molecule has 0 bridgehead atoms. The molecule has 1 N–H and O–H groups in total. The summed E-state index contributed by atoms with van der Waals surface area (Å²) in [5, 5.41) is 17.1. The highest BCUT2D eigenvalue weighted by molar-refractivity contribution is 8.04. The van der Waals surface area contributed by atoms with Crippen molar-refractivity contribution in [2.24, 2.45) is 0 Å². The predicted molar refractivity (Wildman–Crippen MR) is 66.0 cm³/mol. The van der Waals surface area contributed by atoms with Gasteiger partial charge in [0, 0.05) is 0 Å². The molecule has 0 aliphatic carbocycles. The molecular formula is C7H10N2O3S4. The fourth-order valence-corrected chi connectivity index (χ4v) is 6.56. The quantitative estimate of drug-likeness (QED) is 0.814. The van der Waals surface area contributed by atoms with Gasteiger partial charge in [-0.15, -0.1) is 10.2 Å². The molecule has 90 valence electrons. The van der Waals surface area contributed by atoms with Crippen molar-refractivity contribution in [3.63, 3.8) is 0 Å². The van der Waals surface area contributed by atoms with Gasteiger partial charge in [-0.3, -0.25) is 0 Å². The van der Waals surface area contributed by atoms with Gasteiger partial charge in [-0.25, -0.2) is 8.42 Å². The molecule has 2 unspecified atom stereocenters. The Labute approximate surface area is 106 Å². The van der Waals surface area contributed by atoms with Crippen LogP contribution in [0.2, 0.25) is 0 Å². The summed E-state index contributed by atoms with van der Waals surface area (Å²) < 4.78 is 24.1. The Morgan fingerprint density at radius 2 is 2.06 bits per heavy atom. The van der Waals surface area contributed by atoms with Crippen molar-refractivity contribution in [1.29, 1.82) is 0 Å². The second-order valence-electron chi connectivity index (χ2n) is 3.34. The van der Waals surface area contributed by atoms with Crippen molar-refractivity contribution in [2.45, 2.75) is 20.0 Å². The third kappa shape index (κ3) is 2.89. The first-order valence-electron chi connectivity index (χ1n) is 4.43. The summed E-state index contributed by atoms with van der Waals surface area (Å²) in [5.41, 5.74) is 0. The molecule has 1 aliphatic rings. The Balaban J connectivity index is 2.05. The van der Waals surface area contributed by atoms with Crippen molar-refractivity contribution >= 4 is 44.7 Å². The van der Waals surface area contributed by atoms with Crippen LogP contribution in [0.15, 0.2) is 8.68 Å². The Hall–Kier alpha value is 0.170. The average molecular weight is 298 g/mol. The van der Waals surface area contributed by atoms with Crippen molar-refractivity contribution in [3.05, 3.63) is 0 Å². The van der Waals surface area contributed by atoms with E-state index in [1.165, 1.54) is 34.9 Å². The fourth-order valence-electron chi connectivity index (χ4n) is 1.37. The van der Waals surface area contributed by atoms with E-state index in [2.05, 4.69) is 10.2 Å². The summed E-state index contributed by atoms with van der Waals surface area (Å²) in [7, 11) is -3.08. The van der Waals surface area contributed by atoms with E-state index in [9.17, 15) is 13.5 Å². The van der Waals surface area contributed by atoms with Crippen LogP contribution in [-0.2, 0) is 9.84 Å². The molecule has 2 rings (SSSR count). The Morgan fingerprint density at radius 3 is 2.56 bits per heavy atom. The summed E-state index contributed by atoms with van der Waals surface area (Å²) in [6.07, 6.45) is 1.11. The van der Waals surface area contributed by atoms with E-state index in [-0.39, 0.29) is 16.8 Å². The molecule has 1 saturated heterocycles. The smallest absolute Gasteiger partial charge is 0.175 e. The summed E-state index contributed by atoms with van der Waals surface area (Å²) in [6.45, 7) is 0. The van der Waals surface area contributed by atoms with E-state index in [0.717, 1.165) is 4.34 Å². The monoisotopic (exact) mass is 298 g/mol. The number of rotatable bonds is 3. The molecule has 5 nitrogen and oxygen atoms in total. The van der Waals surface area contributed by atoms with Gasteiger partial charge >= 0.3 is 0 Å². The molecule has 0 saturated carbocycles. The Morgan fingerprint density at radius 1 is 1.38 bits per heavy atom. The largest absolute Gasteiger partial charge is 0.391 e. The summed E-state index contributed by atoms with van der Waals surface area (Å²) >= 11 is 4.22. The zero-order valence-corrected chi connectivity index (χ0v) is 11.6. The van der Waals surface area contributed by atoms with E-state index in [0.29, 0.717) is 4.34 Å². The van der Waals surface area contributed by atoms with Crippen LogP contribution in [0.5, 0.6) is 0 Å². The molecule has 2 atom stereocenters. The number of nitrogens with zero attached hydrogens (tertiary/aromatic N) is 2. The van der Waals surface area contributed by atoms with E-state index in [1.807, 2.05) is 6.26 Å². The highest BCUT2D eigenvalue weighted by Crippen LogP contribution is 2.34. The Kier molecular flexibility index (Phi) is 3.79. The van der Waals surface area contributed by atoms with E-state index < -0.39 is 15.9 Å². The maximum Gasteiger partial charge on any atom is 0.175 e. The van der Waals surface area contributed by atoms with Gasteiger partial charge in [-0.1, -0.05) is 34.9 Å². The standard InChI is InChI=1S/C7H10N2O3S4/c1-13-6-8-9-7(15-6)14-5-3-16(11,12)2-4(5)10/h4-5,10H,2-3H2,1H3. The minimum atomic E-state index is -3.08. The van der Waals surface area contributed by atoms with Crippen LogP contribution < -0.4 is 0 Å². The van der Waals surface area contributed by atoms with Crippen molar-refractivity contribution < 1.29 is 13.5 Å². The van der Waals surface area contributed by atoms with Gasteiger partial charge in [0.2, 0.25) is 0 Å². The zero-order chi connectivity index (χ0) is 11.8. The number of aromatic nitrogens is 2. The third-order valence-electron chi connectivity index (χ3n) is 2.09. The first kappa shape index (κ1) is 12.6. The van der Waals surface area contributed by atoms with Gasteiger partial charge in [-0.2, -0.15) is 0 Å². The van der Waals surface area contributed by atoms with Crippen LogP contribution in [0, 0.1) is 0 Å². The Bertz CT molecular complexity index is 472. The predicted octanol–water partition coefficient (Wildman–Crippen LogP) is 0.510. The fraction of sp³-hybridized carbons (Fsp3) is 0.714. The van der Waals surface area contributed by atoms with Crippen LogP contribution in [0.1, 0.15) is 0 Å². The lowest BCUT2D eigenvalue weighted by molar-refractivity contribution is 0.207. The first-order valence-corrected chi connectivity index (χ1v) is 9.17. The van der Waals surface area contributed by atoms with Crippen LogP contribution in [-0.4, -0.2) is 52.8 Å². The summed E-state index contributed by atoms with van der Waals surface area (Å²) in [6, 6.07) is 0. The molecule has 16 heavy (non-hydrogen) atoms. The molecule has 9 heteroatoms. The van der Waals surface area contributed by atoms with Gasteiger partial charge < -0.3 is 5.11 Å². The molecule has 2 heterocycles. The molecule has 0 aromatic carbocycles. The van der Waals surface area contributed by atoms with Gasteiger partial charge in [0.05, 0.1) is 22.9 Å². The van der Waals surface area contributed by atoms with Gasteiger partial charge in [0.1, 0.15) is 0 Å². The topological polar surface area (TPSA) is 80.2 Å². The molecule has 0 radical (unpaired) electrons. The maximum atomic E-state index is 11.3. The van der Waals surface area contributed by atoms with Crippen LogP contribution in [0.25, 0.3) is 0 Å². The van der Waals surface area contributed by atoms with E-state index in [4.69, 9.17) is 0 Å². The first-order chi connectivity index (χ1) is 7.50. The molecular weight excluding hydrogens is 288 g/mol. The van der Waals surface area contributed by atoms with E-state index >= 15 is 0 Å². The van der Waals surface area contributed by atoms with Crippen molar-refractivity contribution in [1.82, 2.24) is 10.2 Å². The van der Waals surface area contributed by atoms with Crippen LogP contribution in [0.3, 0.4) is 0 Å². The lowest BCUT2D eigenvalue weighted by atomic mass is 10.3. The molecule has 1 fully saturated rings. The summed E-state index contributed by atoms with van der Waals surface area (Å²) in [5.74, 6) is -0.119. The molecule has 1 aliphatic heterocycles. The van der Waals surface area contributed by atoms with Crippen molar-refractivity contribution in [3.8, 4) is 0 Å². The number of aliphatic hydroxyl groups is 1. The lowest BCUT2D eigenvalue weighted by Gasteiger charge is -2.08. The molecule has 0 spiro atoms. The second kappa shape index (κ2) is 4.81. The minimum Gasteiger partial charge on any atom is -0.391 e. The van der Waals surface area contributed by atoms with Crippen LogP contribution in [0.4, 0.5) is 0 Å². The van der Waals surface area contributed by atoms with Crippen LogP contribution >= 0.6 is 34.9 Å². The summed E-state index contributed by atoms with van der Waals surface area (Å²) in [4.78, 5) is 0. The highest BCUT2D eigenvalue weighted by Gasteiger charge is 2.37. The van der Waals surface area contributed by atoms with Crippen molar-refractivity contribution in [2.75, 3.05) is 17.8 Å². The number of aliphatic hydroxyl groups excluding tert-OH is 1. The average Bonchev–Trinajstić information content (AvgIpc) is 2.72. The number of hydrogen-bond donors (Lipinski definition) is 1. The maximum absolute atomic E-state index is 11.3. The molecule has 0 amide bonds. The van der Waals surface area contributed by atoms with Gasteiger partial charge in [0.15, 0.2) is 18.5 Å².